The van der Waals surface area contributed by atoms with Crippen molar-refractivity contribution in [3.8, 4) is 0 Å². The maximum absolute atomic E-state index is 4.81. The molecular formula is C15H33FeN3S6+3. The van der Waals surface area contributed by atoms with Crippen molar-refractivity contribution in [1.29, 1.82) is 0 Å². The second-order valence-electron chi connectivity index (χ2n) is 4.36. The van der Waals surface area contributed by atoms with Gasteiger partial charge in [0.05, 0.1) is 0 Å². The maximum atomic E-state index is 4.81. The van der Waals surface area contributed by atoms with Gasteiger partial charge in [0.2, 0.25) is 0 Å². The molecule has 149 valence electrons. The van der Waals surface area contributed by atoms with E-state index in [9.17, 15) is 0 Å². The van der Waals surface area contributed by atoms with E-state index in [1.165, 1.54) is 0 Å². The van der Waals surface area contributed by atoms with Crippen molar-refractivity contribution in [2.75, 3.05) is 39.3 Å². The molecule has 0 atom stereocenters. The van der Waals surface area contributed by atoms with E-state index >= 15 is 0 Å². The van der Waals surface area contributed by atoms with E-state index in [4.69, 9.17) is 36.7 Å². The van der Waals surface area contributed by atoms with Gasteiger partial charge in [0.1, 0.15) is 13.0 Å². The Hall–Kier alpha value is 1.24. The summed E-state index contributed by atoms with van der Waals surface area (Å²) in [6.45, 7) is 18.1. The second-order valence-corrected chi connectivity index (χ2v) is 7.70. The molecule has 0 aliphatic heterocycles. The first-order valence-electron chi connectivity index (χ1n) is 8.09. The van der Waals surface area contributed by atoms with Crippen molar-refractivity contribution >= 4 is 87.5 Å². The minimum Gasteiger partial charge on any atom is -0.358 e. The van der Waals surface area contributed by atoms with Crippen molar-refractivity contribution in [2.45, 2.75) is 41.5 Å². The van der Waals surface area contributed by atoms with Crippen LogP contribution in [0.15, 0.2) is 0 Å². The second kappa shape index (κ2) is 23.3. The molecule has 0 saturated carbocycles. The molecule has 0 spiro atoms. The molecule has 25 heavy (non-hydrogen) atoms. The summed E-state index contributed by atoms with van der Waals surface area (Å²) in [7, 11) is 0. The standard InChI is InChI=1S/3C5H11NS2.Fe/c3*1-3-6(4-2)5(7)8;/h3*3-4H2,1-2H3,(H,7,8);/q;;;+3. The van der Waals surface area contributed by atoms with E-state index in [0.29, 0.717) is 13.0 Å². The van der Waals surface area contributed by atoms with Gasteiger partial charge in [-0.2, -0.15) is 0 Å². The summed E-state index contributed by atoms with van der Waals surface area (Å²) in [5, 5.41) is 0. The number of hydrogen-bond donors (Lipinski definition) is 3. The zero-order valence-electron chi connectivity index (χ0n) is 16.0. The molecule has 10 heteroatoms. The Bertz CT molecular complexity index is 294. The van der Waals surface area contributed by atoms with Crippen LogP contribution in [0.2, 0.25) is 0 Å². The van der Waals surface area contributed by atoms with Gasteiger partial charge < -0.3 is 14.7 Å². The summed E-state index contributed by atoms with van der Waals surface area (Å²) < 4.78 is 2.07. The molecule has 0 N–H and O–H groups in total. The molecule has 0 heterocycles. The topological polar surface area (TPSA) is 9.72 Å². The predicted octanol–water partition coefficient (Wildman–Crippen LogP) is 4.63. The number of hydrogen-bond acceptors (Lipinski definition) is 3. The minimum atomic E-state index is 0. The van der Waals surface area contributed by atoms with E-state index in [1.54, 1.807) is 0 Å². The van der Waals surface area contributed by atoms with Gasteiger partial charge in [0.25, 0.3) is 0 Å². The van der Waals surface area contributed by atoms with Crippen LogP contribution < -0.4 is 0 Å². The molecule has 0 unspecified atom stereocenters. The van der Waals surface area contributed by atoms with Crippen LogP contribution in [0.5, 0.6) is 0 Å². The quantitative estimate of drug-likeness (QED) is 0.275. The van der Waals surface area contributed by atoms with Crippen LogP contribution >= 0.6 is 74.5 Å². The van der Waals surface area contributed by atoms with Crippen LogP contribution in [-0.2, 0) is 17.1 Å². The van der Waals surface area contributed by atoms with E-state index in [2.05, 4.69) is 79.4 Å². The monoisotopic (exact) mass is 503 g/mol. The Morgan fingerprint density at radius 1 is 0.520 bits per heavy atom. The van der Waals surface area contributed by atoms with Crippen LogP contribution in [0.4, 0.5) is 0 Å². The van der Waals surface area contributed by atoms with E-state index in [-0.39, 0.29) is 17.1 Å². The van der Waals surface area contributed by atoms with Gasteiger partial charge in [0, 0.05) is 39.3 Å². The fraction of sp³-hybridized carbons (Fsp3) is 0.800. The van der Waals surface area contributed by atoms with Crippen molar-refractivity contribution < 1.29 is 17.1 Å². The Kier molecular flexibility index (Phi) is 31.5. The largest absolute Gasteiger partial charge is 3.00 e. The molecule has 0 saturated heterocycles. The molecule has 0 aliphatic rings. The van der Waals surface area contributed by atoms with Gasteiger partial charge in [-0.1, -0.05) is 36.7 Å². The molecule has 0 aliphatic carbocycles. The molecule has 0 aromatic rings. The molecule has 0 bridgehead atoms. The van der Waals surface area contributed by atoms with Gasteiger partial charge in [0.15, 0.2) is 0 Å². The van der Waals surface area contributed by atoms with Crippen LogP contribution in [0.25, 0.3) is 0 Å². The maximum Gasteiger partial charge on any atom is 3.00 e. The summed E-state index contributed by atoms with van der Waals surface area (Å²) >= 11 is 26.4. The smallest absolute Gasteiger partial charge is 0.358 e. The molecule has 0 fully saturated rings. The molecular weight excluding hydrogens is 470 g/mol. The average Bonchev–Trinajstić information content (AvgIpc) is 2.51. The molecule has 0 aromatic carbocycles. The van der Waals surface area contributed by atoms with Crippen molar-refractivity contribution in [3.05, 3.63) is 0 Å². The molecule has 0 aromatic heterocycles. The van der Waals surface area contributed by atoms with Crippen molar-refractivity contribution in [2.24, 2.45) is 0 Å². The Labute approximate surface area is 198 Å². The molecule has 0 rings (SSSR count). The third kappa shape index (κ3) is 21.4. The first kappa shape index (κ1) is 33.8. The normalized spacial score (nSPS) is 8.52. The number of rotatable bonds is 6. The molecule has 1 radical (unpaired) electrons. The van der Waals surface area contributed by atoms with E-state index in [0.717, 1.165) is 39.3 Å². The van der Waals surface area contributed by atoms with Gasteiger partial charge in [-0.25, -0.2) is 0 Å². The third-order valence-electron chi connectivity index (χ3n) is 3.10. The van der Waals surface area contributed by atoms with E-state index < -0.39 is 0 Å². The number of thiocarbonyl (C=S) groups is 3. The molecule has 3 nitrogen and oxygen atoms in total. The summed E-state index contributed by atoms with van der Waals surface area (Å²) in [5.74, 6) is 0. The summed E-state index contributed by atoms with van der Waals surface area (Å²) in [6.07, 6.45) is 0. The first-order chi connectivity index (χ1) is 11.2. The Morgan fingerprint density at radius 2 is 0.640 bits per heavy atom. The average molecular weight is 504 g/mol. The number of thiol groups is 3. The van der Waals surface area contributed by atoms with Gasteiger partial charge >= 0.3 is 17.1 Å². The summed E-state index contributed by atoms with van der Waals surface area (Å²) in [5.41, 5.74) is 0. The van der Waals surface area contributed by atoms with Crippen molar-refractivity contribution in [1.82, 2.24) is 14.7 Å². The van der Waals surface area contributed by atoms with Gasteiger partial charge in [-0.05, 0) is 41.5 Å². The zero-order valence-corrected chi connectivity index (χ0v) is 22.2. The summed E-state index contributed by atoms with van der Waals surface area (Å²) in [4.78, 5) is 6.04. The van der Waals surface area contributed by atoms with Crippen LogP contribution in [0, 0.1) is 0 Å². The number of nitrogens with zero attached hydrogens (tertiary/aromatic N) is 3. The van der Waals surface area contributed by atoms with Crippen LogP contribution in [0.3, 0.4) is 0 Å². The van der Waals surface area contributed by atoms with Gasteiger partial charge in [-0.15, -0.1) is 37.9 Å². The fourth-order valence-electron chi connectivity index (χ4n) is 1.48. The predicted molar refractivity (Wildman–Crippen MR) is 134 cm³/mol. The van der Waals surface area contributed by atoms with Gasteiger partial charge in [-0.3, -0.25) is 0 Å². The van der Waals surface area contributed by atoms with Crippen LogP contribution in [-0.4, -0.2) is 66.9 Å². The SMILES string of the molecule is CCN(CC)C(=S)S.CCN(CC)C(=S)S.CCN(CC)C(=S)S.[Fe+3]. The van der Waals surface area contributed by atoms with E-state index in [1.807, 2.05) is 14.7 Å². The van der Waals surface area contributed by atoms with Crippen molar-refractivity contribution in [3.63, 3.8) is 0 Å². The Morgan fingerprint density at radius 3 is 0.640 bits per heavy atom. The molecule has 0 amide bonds. The summed E-state index contributed by atoms with van der Waals surface area (Å²) in [6, 6.07) is 0. The third-order valence-corrected chi connectivity index (χ3v) is 4.73. The Balaban J connectivity index is -0.000000130. The minimum absolute atomic E-state index is 0. The zero-order chi connectivity index (χ0) is 19.7. The first-order valence-corrected chi connectivity index (χ1v) is 10.7. The van der Waals surface area contributed by atoms with Crippen LogP contribution in [0.1, 0.15) is 41.5 Å². The fourth-order valence-corrected chi connectivity index (χ4v) is 3.11.